The summed E-state index contributed by atoms with van der Waals surface area (Å²) in [6.07, 6.45) is 1.84. The molecule has 0 spiro atoms. The first-order valence-electron chi connectivity index (χ1n) is 7.52. The number of carbonyl (C=O) groups excluding carboxylic acids is 1. The van der Waals surface area contributed by atoms with Crippen LogP contribution >= 0.6 is 0 Å². The Morgan fingerprint density at radius 3 is 2.41 bits per heavy atom. The van der Waals surface area contributed by atoms with Gasteiger partial charge in [-0.25, -0.2) is 8.42 Å². The molecule has 122 valence electrons. The average molecular weight is 325 g/mol. The number of sulfonamides is 1. The Hall–Kier alpha value is -1.44. The summed E-state index contributed by atoms with van der Waals surface area (Å²) in [6.45, 7) is 3.63. The van der Waals surface area contributed by atoms with Gasteiger partial charge in [0, 0.05) is 32.1 Å². The first-order chi connectivity index (χ1) is 10.4. The summed E-state index contributed by atoms with van der Waals surface area (Å²) in [5.41, 5.74) is 6.30. The molecule has 1 amide bonds. The molecular weight excluding hydrogens is 302 g/mol. The van der Waals surface area contributed by atoms with Crippen molar-refractivity contribution in [2.24, 2.45) is 11.7 Å². The molecule has 1 aliphatic rings. The number of carbonyl (C=O) groups is 1. The van der Waals surface area contributed by atoms with Crippen LogP contribution in [0.25, 0.3) is 0 Å². The van der Waals surface area contributed by atoms with E-state index in [0.29, 0.717) is 31.1 Å². The molecule has 6 nitrogen and oxygen atoms in total. The van der Waals surface area contributed by atoms with Gasteiger partial charge in [-0.15, -0.1) is 0 Å². The summed E-state index contributed by atoms with van der Waals surface area (Å²) in [5.74, 6) is -0.328. The highest BCUT2D eigenvalue weighted by Gasteiger charge is 2.26. The van der Waals surface area contributed by atoms with Gasteiger partial charge in [0.05, 0.1) is 4.90 Å². The number of nitrogens with one attached hydrogen (secondary N) is 1. The standard InChI is InChI=1S/C15H23N3O3S/c1-12(10-16)15(19)17-11-13-4-6-14(7-5-13)22(20,21)18-8-2-3-9-18/h4-7,12H,2-3,8-11,16H2,1H3,(H,17,19). The van der Waals surface area contributed by atoms with Crippen LogP contribution in [0.4, 0.5) is 0 Å². The first-order valence-corrected chi connectivity index (χ1v) is 8.96. The van der Waals surface area contributed by atoms with Crippen molar-refractivity contribution in [3.63, 3.8) is 0 Å². The molecule has 1 atom stereocenters. The number of hydrogen-bond acceptors (Lipinski definition) is 4. The zero-order valence-electron chi connectivity index (χ0n) is 12.8. The van der Waals surface area contributed by atoms with Crippen LogP contribution in [0.3, 0.4) is 0 Å². The van der Waals surface area contributed by atoms with Gasteiger partial charge >= 0.3 is 0 Å². The molecule has 1 unspecified atom stereocenters. The number of rotatable bonds is 6. The molecule has 0 aliphatic carbocycles. The van der Waals surface area contributed by atoms with Gasteiger partial charge in [-0.2, -0.15) is 4.31 Å². The lowest BCUT2D eigenvalue weighted by Gasteiger charge is -2.16. The van der Waals surface area contributed by atoms with Crippen molar-refractivity contribution in [1.82, 2.24) is 9.62 Å². The predicted molar refractivity (Wildman–Crippen MR) is 84.5 cm³/mol. The van der Waals surface area contributed by atoms with Gasteiger partial charge in [0.15, 0.2) is 0 Å². The fourth-order valence-corrected chi connectivity index (χ4v) is 3.84. The number of amides is 1. The zero-order valence-corrected chi connectivity index (χ0v) is 13.6. The topological polar surface area (TPSA) is 92.5 Å². The van der Waals surface area contributed by atoms with Gasteiger partial charge in [0.25, 0.3) is 0 Å². The second-order valence-corrected chi connectivity index (χ2v) is 7.55. The molecule has 1 saturated heterocycles. The molecule has 0 bridgehead atoms. The van der Waals surface area contributed by atoms with Gasteiger partial charge in [-0.1, -0.05) is 19.1 Å². The Labute approximate surface area is 131 Å². The van der Waals surface area contributed by atoms with Gasteiger partial charge in [-0.05, 0) is 30.5 Å². The fourth-order valence-electron chi connectivity index (χ4n) is 2.33. The Kier molecular flexibility index (Phi) is 5.55. The predicted octanol–water partition coefficient (Wildman–Crippen LogP) is 0.682. The quantitative estimate of drug-likeness (QED) is 0.804. The summed E-state index contributed by atoms with van der Waals surface area (Å²) in [7, 11) is -3.37. The second-order valence-electron chi connectivity index (χ2n) is 5.61. The van der Waals surface area contributed by atoms with E-state index < -0.39 is 10.0 Å². The first kappa shape index (κ1) is 16.9. The molecule has 1 heterocycles. The van der Waals surface area contributed by atoms with Crippen molar-refractivity contribution < 1.29 is 13.2 Å². The van der Waals surface area contributed by atoms with Crippen LogP contribution < -0.4 is 11.1 Å². The maximum absolute atomic E-state index is 12.4. The van der Waals surface area contributed by atoms with E-state index in [0.717, 1.165) is 18.4 Å². The van der Waals surface area contributed by atoms with Crippen LogP contribution in [-0.2, 0) is 21.4 Å². The number of hydrogen-bond donors (Lipinski definition) is 2. The van der Waals surface area contributed by atoms with Crippen LogP contribution in [0.5, 0.6) is 0 Å². The van der Waals surface area contributed by atoms with Crippen molar-refractivity contribution in [2.75, 3.05) is 19.6 Å². The largest absolute Gasteiger partial charge is 0.352 e. The van der Waals surface area contributed by atoms with Gasteiger partial charge in [0.1, 0.15) is 0 Å². The van der Waals surface area contributed by atoms with Gasteiger partial charge < -0.3 is 11.1 Å². The summed E-state index contributed by atoms with van der Waals surface area (Å²) >= 11 is 0. The Morgan fingerprint density at radius 2 is 1.86 bits per heavy atom. The monoisotopic (exact) mass is 325 g/mol. The highest BCUT2D eigenvalue weighted by Crippen LogP contribution is 2.21. The third-order valence-electron chi connectivity index (χ3n) is 3.89. The molecule has 1 fully saturated rings. The average Bonchev–Trinajstić information content (AvgIpc) is 3.07. The normalized spacial score (nSPS) is 17.4. The van der Waals surface area contributed by atoms with Crippen LogP contribution in [0.1, 0.15) is 25.3 Å². The van der Waals surface area contributed by atoms with Crippen molar-refractivity contribution in [3.05, 3.63) is 29.8 Å². The number of nitrogens with two attached hydrogens (primary N) is 1. The molecule has 0 radical (unpaired) electrons. The van der Waals surface area contributed by atoms with E-state index in [4.69, 9.17) is 5.73 Å². The third-order valence-corrected chi connectivity index (χ3v) is 5.81. The van der Waals surface area contributed by atoms with Crippen LogP contribution in [0.15, 0.2) is 29.2 Å². The molecule has 0 aromatic heterocycles. The SMILES string of the molecule is CC(CN)C(=O)NCc1ccc(S(=O)(=O)N2CCCC2)cc1. The van der Waals surface area contributed by atoms with E-state index in [-0.39, 0.29) is 11.8 Å². The van der Waals surface area contributed by atoms with E-state index in [1.165, 1.54) is 4.31 Å². The molecule has 3 N–H and O–H groups in total. The molecular formula is C15H23N3O3S. The van der Waals surface area contributed by atoms with E-state index in [2.05, 4.69) is 5.32 Å². The van der Waals surface area contributed by atoms with Crippen molar-refractivity contribution in [2.45, 2.75) is 31.2 Å². The number of benzene rings is 1. The number of nitrogens with zero attached hydrogens (tertiary/aromatic N) is 1. The Morgan fingerprint density at radius 1 is 1.27 bits per heavy atom. The van der Waals surface area contributed by atoms with Crippen LogP contribution in [0, 0.1) is 5.92 Å². The summed E-state index contributed by atoms with van der Waals surface area (Å²) in [4.78, 5) is 12.0. The van der Waals surface area contributed by atoms with E-state index in [9.17, 15) is 13.2 Å². The minimum absolute atomic E-state index is 0.101. The van der Waals surface area contributed by atoms with E-state index in [1.807, 2.05) is 0 Å². The van der Waals surface area contributed by atoms with Crippen molar-refractivity contribution >= 4 is 15.9 Å². The molecule has 0 saturated carbocycles. The third kappa shape index (κ3) is 3.85. The molecule has 22 heavy (non-hydrogen) atoms. The molecule has 2 rings (SSSR count). The zero-order chi connectivity index (χ0) is 16.2. The van der Waals surface area contributed by atoms with E-state index in [1.54, 1.807) is 31.2 Å². The lowest BCUT2D eigenvalue weighted by Crippen LogP contribution is -2.32. The van der Waals surface area contributed by atoms with Crippen molar-refractivity contribution in [3.8, 4) is 0 Å². The van der Waals surface area contributed by atoms with Gasteiger partial charge in [-0.3, -0.25) is 4.79 Å². The minimum atomic E-state index is -3.37. The van der Waals surface area contributed by atoms with E-state index >= 15 is 0 Å². The molecule has 1 aromatic rings. The second kappa shape index (κ2) is 7.21. The molecule has 1 aromatic carbocycles. The summed E-state index contributed by atoms with van der Waals surface area (Å²) in [6, 6.07) is 6.66. The van der Waals surface area contributed by atoms with Crippen molar-refractivity contribution in [1.29, 1.82) is 0 Å². The Balaban J connectivity index is 2.00. The smallest absolute Gasteiger partial charge is 0.243 e. The Bertz CT molecular complexity index is 607. The molecule has 7 heteroatoms. The van der Waals surface area contributed by atoms with Crippen LogP contribution in [0.2, 0.25) is 0 Å². The minimum Gasteiger partial charge on any atom is -0.352 e. The fraction of sp³-hybridized carbons (Fsp3) is 0.533. The summed E-state index contributed by atoms with van der Waals surface area (Å²) < 4.78 is 26.3. The lowest BCUT2D eigenvalue weighted by atomic mass is 10.1. The lowest BCUT2D eigenvalue weighted by molar-refractivity contribution is -0.124. The van der Waals surface area contributed by atoms with Gasteiger partial charge in [0.2, 0.25) is 15.9 Å². The highest BCUT2D eigenvalue weighted by atomic mass is 32.2. The van der Waals surface area contributed by atoms with Crippen LogP contribution in [-0.4, -0.2) is 38.3 Å². The molecule has 1 aliphatic heterocycles. The maximum atomic E-state index is 12.4. The maximum Gasteiger partial charge on any atom is 0.243 e. The summed E-state index contributed by atoms with van der Waals surface area (Å²) in [5, 5.41) is 2.78. The highest BCUT2D eigenvalue weighted by molar-refractivity contribution is 7.89.